The third-order valence-electron chi connectivity index (χ3n) is 3.30. The molecule has 0 spiro atoms. The van der Waals surface area contributed by atoms with Gasteiger partial charge < -0.3 is 0 Å². The molecule has 1 aromatic carbocycles. The summed E-state index contributed by atoms with van der Waals surface area (Å²) < 4.78 is 0. The predicted molar refractivity (Wildman–Crippen MR) is 69.2 cm³/mol. The summed E-state index contributed by atoms with van der Waals surface area (Å²) in [7, 11) is 0. The van der Waals surface area contributed by atoms with E-state index in [0.717, 1.165) is 11.3 Å². The second kappa shape index (κ2) is 4.17. The Hall–Kier alpha value is -1.90. The molecule has 0 aliphatic rings. The highest BCUT2D eigenvalue weighted by atomic mass is 16.1. The number of nitrogens with one attached hydrogen (secondary N) is 1. The van der Waals surface area contributed by atoms with Gasteiger partial charge in [0.25, 0.3) is 5.56 Å². The van der Waals surface area contributed by atoms with Gasteiger partial charge in [-0.05, 0) is 56.0 Å². The summed E-state index contributed by atoms with van der Waals surface area (Å²) in [6.07, 6.45) is 0. The van der Waals surface area contributed by atoms with E-state index in [4.69, 9.17) is 0 Å². The van der Waals surface area contributed by atoms with E-state index < -0.39 is 0 Å². The van der Waals surface area contributed by atoms with Crippen LogP contribution >= 0.6 is 0 Å². The molecule has 0 radical (unpaired) electrons. The average Bonchev–Trinajstić information content (AvgIpc) is 2.29. The van der Waals surface area contributed by atoms with Crippen LogP contribution in [0.15, 0.2) is 23.0 Å². The van der Waals surface area contributed by atoms with Gasteiger partial charge in [-0.1, -0.05) is 6.07 Å². The average molecular weight is 228 g/mol. The highest BCUT2D eigenvalue weighted by Gasteiger charge is 2.11. The quantitative estimate of drug-likeness (QED) is 0.815. The fourth-order valence-electron chi connectivity index (χ4n) is 2.08. The van der Waals surface area contributed by atoms with Gasteiger partial charge in [-0.2, -0.15) is 5.10 Å². The minimum absolute atomic E-state index is 0.173. The maximum atomic E-state index is 11.0. The standard InChI is InChI=1S/C14H16N2O/c1-8-7-9(2)11(4)14(10(8)3)12-5-6-13(17)16-15-12/h5-7H,1-4H3,(H,16,17). The Balaban J connectivity index is 2.74. The van der Waals surface area contributed by atoms with Gasteiger partial charge in [-0.25, -0.2) is 5.10 Å². The number of hydrogen-bond acceptors (Lipinski definition) is 2. The van der Waals surface area contributed by atoms with Gasteiger partial charge in [-0.15, -0.1) is 0 Å². The lowest BCUT2D eigenvalue weighted by molar-refractivity contribution is 0.990. The lowest BCUT2D eigenvalue weighted by Gasteiger charge is -2.14. The molecular formula is C14H16N2O. The van der Waals surface area contributed by atoms with Gasteiger partial charge in [0.1, 0.15) is 0 Å². The van der Waals surface area contributed by atoms with E-state index in [0.29, 0.717) is 0 Å². The van der Waals surface area contributed by atoms with Gasteiger partial charge in [0.2, 0.25) is 0 Å². The van der Waals surface area contributed by atoms with Gasteiger partial charge in [0.15, 0.2) is 0 Å². The Labute approximate surface area is 101 Å². The molecule has 88 valence electrons. The highest BCUT2D eigenvalue weighted by Crippen LogP contribution is 2.29. The third-order valence-corrected chi connectivity index (χ3v) is 3.30. The van der Waals surface area contributed by atoms with E-state index in [1.165, 1.54) is 28.3 Å². The normalized spacial score (nSPS) is 10.6. The first kappa shape index (κ1) is 11.6. The Kier molecular flexibility index (Phi) is 2.84. The van der Waals surface area contributed by atoms with Gasteiger partial charge in [-0.3, -0.25) is 4.79 Å². The number of aromatic nitrogens is 2. The van der Waals surface area contributed by atoms with E-state index in [-0.39, 0.29) is 5.56 Å². The molecule has 3 nitrogen and oxygen atoms in total. The van der Waals surface area contributed by atoms with Crippen LogP contribution in [-0.4, -0.2) is 10.2 Å². The molecule has 0 aliphatic heterocycles. The Morgan fingerprint density at radius 1 is 1.00 bits per heavy atom. The summed E-state index contributed by atoms with van der Waals surface area (Å²) in [5.41, 5.74) is 6.70. The van der Waals surface area contributed by atoms with Crippen LogP contribution in [0.2, 0.25) is 0 Å². The van der Waals surface area contributed by atoms with Crippen LogP contribution in [0.5, 0.6) is 0 Å². The molecule has 0 saturated heterocycles. The van der Waals surface area contributed by atoms with Crippen molar-refractivity contribution in [2.75, 3.05) is 0 Å². The third kappa shape index (κ3) is 2.00. The molecule has 2 aromatic rings. The number of nitrogens with zero attached hydrogens (tertiary/aromatic N) is 1. The number of H-pyrrole nitrogens is 1. The zero-order valence-electron chi connectivity index (χ0n) is 10.6. The maximum Gasteiger partial charge on any atom is 0.264 e. The van der Waals surface area contributed by atoms with Crippen LogP contribution in [-0.2, 0) is 0 Å². The van der Waals surface area contributed by atoms with Crippen molar-refractivity contribution < 1.29 is 0 Å². The van der Waals surface area contributed by atoms with Crippen molar-refractivity contribution in [3.8, 4) is 11.3 Å². The molecule has 0 fully saturated rings. The van der Waals surface area contributed by atoms with E-state index >= 15 is 0 Å². The lowest BCUT2D eigenvalue weighted by Crippen LogP contribution is -2.07. The van der Waals surface area contributed by atoms with Crippen LogP contribution in [0.4, 0.5) is 0 Å². The molecule has 2 rings (SSSR count). The molecule has 17 heavy (non-hydrogen) atoms. The van der Waals surface area contributed by atoms with E-state index in [1.807, 2.05) is 0 Å². The van der Waals surface area contributed by atoms with Crippen molar-refractivity contribution >= 4 is 0 Å². The van der Waals surface area contributed by atoms with Crippen molar-refractivity contribution in [2.24, 2.45) is 0 Å². The second-order valence-corrected chi connectivity index (χ2v) is 4.44. The van der Waals surface area contributed by atoms with Crippen molar-refractivity contribution in [1.82, 2.24) is 10.2 Å². The molecule has 0 bridgehead atoms. The largest absolute Gasteiger partial charge is 0.268 e. The fourth-order valence-corrected chi connectivity index (χ4v) is 2.08. The minimum atomic E-state index is -0.173. The molecule has 0 aliphatic carbocycles. The lowest BCUT2D eigenvalue weighted by atomic mass is 9.92. The summed E-state index contributed by atoms with van der Waals surface area (Å²) in [6, 6.07) is 5.46. The second-order valence-electron chi connectivity index (χ2n) is 4.44. The zero-order chi connectivity index (χ0) is 12.6. The van der Waals surface area contributed by atoms with Crippen LogP contribution in [0.3, 0.4) is 0 Å². The summed E-state index contributed by atoms with van der Waals surface area (Å²) >= 11 is 0. The fraction of sp³-hybridized carbons (Fsp3) is 0.286. The van der Waals surface area contributed by atoms with E-state index in [1.54, 1.807) is 6.07 Å². The number of hydrogen-bond donors (Lipinski definition) is 1. The van der Waals surface area contributed by atoms with Gasteiger partial charge in [0.05, 0.1) is 5.69 Å². The summed E-state index contributed by atoms with van der Waals surface area (Å²) in [5, 5.41) is 6.60. The highest BCUT2D eigenvalue weighted by molar-refractivity contribution is 5.70. The van der Waals surface area contributed by atoms with Crippen LogP contribution < -0.4 is 5.56 Å². The summed E-state index contributed by atoms with van der Waals surface area (Å²) in [5.74, 6) is 0. The van der Waals surface area contributed by atoms with Crippen LogP contribution in [0.1, 0.15) is 22.3 Å². The number of benzene rings is 1. The SMILES string of the molecule is Cc1cc(C)c(C)c(-c2ccc(=O)[nH]n2)c1C. The summed E-state index contributed by atoms with van der Waals surface area (Å²) in [4.78, 5) is 11.0. The molecule has 1 heterocycles. The monoisotopic (exact) mass is 228 g/mol. The smallest absolute Gasteiger partial charge is 0.264 e. The topological polar surface area (TPSA) is 45.8 Å². The number of rotatable bonds is 1. The molecule has 0 unspecified atom stereocenters. The zero-order valence-corrected chi connectivity index (χ0v) is 10.6. The maximum absolute atomic E-state index is 11.0. The first-order valence-corrected chi connectivity index (χ1v) is 5.64. The van der Waals surface area contributed by atoms with Gasteiger partial charge in [0, 0.05) is 11.6 Å². The Morgan fingerprint density at radius 3 is 2.06 bits per heavy atom. The van der Waals surface area contributed by atoms with E-state index in [9.17, 15) is 4.79 Å². The number of aryl methyl sites for hydroxylation is 2. The minimum Gasteiger partial charge on any atom is -0.268 e. The van der Waals surface area contributed by atoms with E-state index in [2.05, 4.69) is 44.0 Å². The van der Waals surface area contributed by atoms with Crippen molar-refractivity contribution in [3.63, 3.8) is 0 Å². The predicted octanol–water partition coefficient (Wildman–Crippen LogP) is 2.67. The first-order chi connectivity index (χ1) is 8.00. The van der Waals surface area contributed by atoms with Crippen molar-refractivity contribution in [3.05, 3.63) is 50.8 Å². The first-order valence-electron chi connectivity index (χ1n) is 5.64. The van der Waals surface area contributed by atoms with Crippen LogP contribution in [0.25, 0.3) is 11.3 Å². The molecule has 1 aromatic heterocycles. The molecule has 3 heteroatoms. The molecule has 0 atom stereocenters. The van der Waals surface area contributed by atoms with Crippen LogP contribution in [0, 0.1) is 27.7 Å². The Bertz CT molecular complexity index is 580. The van der Waals surface area contributed by atoms with Crippen molar-refractivity contribution in [2.45, 2.75) is 27.7 Å². The van der Waals surface area contributed by atoms with Gasteiger partial charge >= 0.3 is 0 Å². The molecular weight excluding hydrogens is 212 g/mol. The molecule has 1 N–H and O–H groups in total. The molecule has 0 saturated carbocycles. The summed E-state index contributed by atoms with van der Waals surface area (Å²) in [6.45, 7) is 8.36. The number of aromatic amines is 1. The van der Waals surface area contributed by atoms with Crippen molar-refractivity contribution in [1.29, 1.82) is 0 Å². The molecule has 0 amide bonds. The Morgan fingerprint density at radius 2 is 1.59 bits per heavy atom.